The quantitative estimate of drug-likeness (QED) is 0.505. The number of nitrogens with two attached hydrogens (primary N) is 1. The van der Waals surface area contributed by atoms with Gasteiger partial charge >= 0.3 is 0 Å². The monoisotopic (exact) mass is 368 g/mol. The third kappa shape index (κ3) is 4.80. The van der Waals surface area contributed by atoms with E-state index in [0.717, 1.165) is 18.7 Å². The van der Waals surface area contributed by atoms with Crippen molar-refractivity contribution in [1.29, 1.82) is 5.41 Å². The lowest BCUT2D eigenvalue weighted by atomic mass is 10.0. The van der Waals surface area contributed by atoms with E-state index >= 15 is 0 Å². The second-order valence-corrected chi connectivity index (χ2v) is 6.58. The van der Waals surface area contributed by atoms with Crippen LogP contribution in [-0.4, -0.2) is 30.2 Å². The highest BCUT2D eigenvalue weighted by Crippen LogP contribution is 2.24. The minimum absolute atomic E-state index is 0.133. The number of nitrogens with zero attached hydrogens (tertiary/aromatic N) is 1. The van der Waals surface area contributed by atoms with Crippen LogP contribution in [0.5, 0.6) is 0 Å². The molecule has 1 fully saturated rings. The van der Waals surface area contributed by atoms with Crippen LogP contribution < -0.4 is 11.1 Å². The fourth-order valence-corrected chi connectivity index (χ4v) is 2.80. The maximum atomic E-state index is 14.3. The predicted octanol–water partition coefficient (Wildman–Crippen LogP) is 4.26. The molecule has 0 spiro atoms. The number of halogens is 2. The predicted molar refractivity (Wildman–Crippen MR) is 107 cm³/mol. The lowest BCUT2D eigenvalue weighted by Crippen LogP contribution is -2.39. The molecule has 1 heterocycles. The molecule has 3 rings (SSSR count). The number of benzene rings is 2. The first kappa shape index (κ1) is 18.8. The average molecular weight is 368 g/mol. The molecule has 4 nitrogen and oxygen atoms in total. The van der Waals surface area contributed by atoms with Gasteiger partial charge in [0.15, 0.2) is 0 Å². The number of hydrogen-bond acceptors (Lipinski definition) is 4. The number of nitrogens with one attached hydrogen (secondary N) is 2. The van der Waals surface area contributed by atoms with Crippen LogP contribution in [0.2, 0.25) is 0 Å². The third-order valence-electron chi connectivity index (χ3n) is 4.42. The molecule has 6 heteroatoms. The maximum absolute atomic E-state index is 14.3. The summed E-state index contributed by atoms with van der Waals surface area (Å²) >= 11 is 0. The minimum Gasteiger partial charge on any atom is -0.398 e. The van der Waals surface area contributed by atoms with E-state index in [4.69, 9.17) is 11.1 Å². The van der Waals surface area contributed by atoms with E-state index in [-0.39, 0.29) is 22.9 Å². The molecular weight excluding hydrogens is 346 g/mol. The smallest absolute Gasteiger partial charge is 0.148 e. The van der Waals surface area contributed by atoms with Crippen molar-refractivity contribution in [1.82, 2.24) is 4.90 Å². The highest BCUT2D eigenvalue weighted by molar-refractivity contribution is 6.12. The molecule has 27 heavy (non-hydrogen) atoms. The summed E-state index contributed by atoms with van der Waals surface area (Å²) in [6, 6.07) is 8.64. The first-order valence-corrected chi connectivity index (χ1v) is 8.71. The van der Waals surface area contributed by atoms with Gasteiger partial charge in [-0.2, -0.15) is 0 Å². The topological polar surface area (TPSA) is 65.1 Å². The first-order chi connectivity index (χ1) is 12.9. The van der Waals surface area contributed by atoms with E-state index in [1.165, 1.54) is 30.7 Å². The van der Waals surface area contributed by atoms with Crippen LogP contribution in [-0.2, 0) is 0 Å². The SMILES string of the molecule is C=C(CN1CCC1)Nc1cc(C(=N)/C=C/c2ccc(F)cc2)c(N)cc1F. The van der Waals surface area contributed by atoms with Crippen LogP contribution in [0.1, 0.15) is 17.5 Å². The third-order valence-corrected chi connectivity index (χ3v) is 4.42. The van der Waals surface area contributed by atoms with Crippen molar-refractivity contribution in [3.8, 4) is 0 Å². The van der Waals surface area contributed by atoms with Gasteiger partial charge in [-0.05, 0) is 55.4 Å². The summed E-state index contributed by atoms with van der Waals surface area (Å²) in [7, 11) is 0. The molecule has 1 aliphatic rings. The van der Waals surface area contributed by atoms with Crippen molar-refractivity contribution >= 4 is 23.2 Å². The van der Waals surface area contributed by atoms with Crippen LogP contribution in [0.3, 0.4) is 0 Å². The Morgan fingerprint density at radius 2 is 1.93 bits per heavy atom. The Morgan fingerprint density at radius 1 is 1.22 bits per heavy atom. The van der Waals surface area contributed by atoms with Crippen molar-refractivity contribution < 1.29 is 8.78 Å². The van der Waals surface area contributed by atoms with E-state index < -0.39 is 5.82 Å². The summed E-state index contributed by atoms with van der Waals surface area (Å²) in [5, 5.41) is 11.2. The molecule has 140 valence electrons. The fourth-order valence-electron chi connectivity index (χ4n) is 2.80. The fraction of sp³-hybridized carbons (Fsp3) is 0.190. The van der Waals surface area contributed by atoms with Gasteiger partial charge in [-0.25, -0.2) is 8.78 Å². The first-order valence-electron chi connectivity index (χ1n) is 8.71. The zero-order chi connectivity index (χ0) is 19.4. The zero-order valence-electron chi connectivity index (χ0n) is 14.9. The largest absolute Gasteiger partial charge is 0.398 e. The van der Waals surface area contributed by atoms with Gasteiger partial charge < -0.3 is 16.5 Å². The molecule has 0 aromatic heterocycles. The Hall–Kier alpha value is -2.99. The molecule has 0 atom stereocenters. The van der Waals surface area contributed by atoms with Crippen molar-refractivity contribution in [3.05, 3.63) is 77.5 Å². The molecule has 2 aromatic rings. The molecule has 1 saturated heterocycles. The van der Waals surface area contributed by atoms with Gasteiger partial charge in [-0.15, -0.1) is 0 Å². The Morgan fingerprint density at radius 3 is 2.56 bits per heavy atom. The van der Waals surface area contributed by atoms with E-state index in [9.17, 15) is 8.78 Å². The van der Waals surface area contributed by atoms with E-state index in [1.807, 2.05) is 0 Å². The van der Waals surface area contributed by atoms with Crippen LogP contribution in [0.25, 0.3) is 6.08 Å². The number of hydrogen-bond donors (Lipinski definition) is 3. The van der Waals surface area contributed by atoms with Gasteiger partial charge in [0, 0.05) is 23.5 Å². The second kappa shape index (κ2) is 8.14. The number of rotatable bonds is 7. The molecule has 0 amide bonds. The average Bonchev–Trinajstić information content (AvgIpc) is 2.60. The van der Waals surface area contributed by atoms with Crippen molar-refractivity contribution in [2.75, 3.05) is 30.7 Å². The van der Waals surface area contributed by atoms with Gasteiger partial charge in [0.25, 0.3) is 0 Å². The number of allylic oxidation sites excluding steroid dienone is 1. The number of likely N-dealkylation sites (tertiary alicyclic amines) is 1. The number of anilines is 2. The van der Waals surface area contributed by atoms with E-state index in [1.54, 1.807) is 24.3 Å². The Kier molecular flexibility index (Phi) is 5.66. The summed E-state index contributed by atoms with van der Waals surface area (Å²) in [6.45, 7) is 6.64. The molecule has 1 aliphatic heterocycles. The molecule has 0 saturated carbocycles. The van der Waals surface area contributed by atoms with Crippen LogP contribution >= 0.6 is 0 Å². The van der Waals surface area contributed by atoms with Crippen LogP contribution in [0, 0.1) is 17.0 Å². The van der Waals surface area contributed by atoms with Gasteiger partial charge in [0.05, 0.1) is 11.4 Å². The van der Waals surface area contributed by atoms with Gasteiger partial charge in [0.1, 0.15) is 11.6 Å². The van der Waals surface area contributed by atoms with E-state index in [0.29, 0.717) is 17.8 Å². The molecule has 0 bridgehead atoms. The van der Waals surface area contributed by atoms with Crippen LogP contribution in [0.4, 0.5) is 20.2 Å². The highest BCUT2D eigenvalue weighted by atomic mass is 19.1. The summed E-state index contributed by atoms with van der Waals surface area (Å²) < 4.78 is 27.2. The Labute approximate surface area is 157 Å². The standard InChI is InChI=1S/C21H22F2N4/c1-14(13-27-9-2-10-27)26-21-11-17(20(25)12-18(21)23)19(24)8-5-15-3-6-16(22)7-4-15/h3-8,11-12,24,26H,1-2,9-10,13,25H2/b8-5+,24-19?. The van der Waals surface area contributed by atoms with Crippen molar-refractivity contribution in [3.63, 3.8) is 0 Å². The highest BCUT2D eigenvalue weighted by Gasteiger charge is 2.16. The van der Waals surface area contributed by atoms with Gasteiger partial charge in [0.2, 0.25) is 0 Å². The molecule has 4 N–H and O–H groups in total. The van der Waals surface area contributed by atoms with Crippen molar-refractivity contribution in [2.24, 2.45) is 0 Å². The van der Waals surface area contributed by atoms with Gasteiger partial charge in [-0.3, -0.25) is 4.90 Å². The molecule has 2 aromatic carbocycles. The summed E-state index contributed by atoms with van der Waals surface area (Å²) in [5.74, 6) is -0.810. The zero-order valence-corrected chi connectivity index (χ0v) is 14.9. The Balaban J connectivity index is 1.74. The molecule has 0 radical (unpaired) electrons. The maximum Gasteiger partial charge on any atom is 0.148 e. The molecular formula is C21H22F2N4. The van der Waals surface area contributed by atoms with E-state index in [2.05, 4.69) is 16.8 Å². The minimum atomic E-state index is -0.490. The number of nitrogen functional groups attached to an aromatic ring is 1. The normalized spacial score (nSPS) is 14.1. The lowest BCUT2D eigenvalue weighted by molar-refractivity contribution is 0.199. The van der Waals surface area contributed by atoms with Gasteiger partial charge in [-0.1, -0.05) is 24.8 Å². The summed E-state index contributed by atoms with van der Waals surface area (Å²) in [4.78, 5) is 2.21. The molecule has 0 unspecified atom stereocenters. The summed E-state index contributed by atoms with van der Waals surface area (Å²) in [6.07, 6.45) is 4.40. The molecule has 0 aliphatic carbocycles. The Bertz CT molecular complexity index is 884. The van der Waals surface area contributed by atoms with Crippen molar-refractivity contribution in [2.45, 2.75) is 6.42 Å². The summed E-state index contributed by atoms with van der Waals surface area (Å²) in [5.41, 5.74) is 8.31. The lowest BCUT2D eigenvalue weighted by Gasteiger charge is -2.31. The second-order valence-electron chi connectivity index (χ2n) is 6.58. The van der Waals surface area contributed by atoms with Crippen LogP contribution in [0.15, 0.2) is 54.8 Å².